The highest BCUT2D eigenvalue weighted by Gasteiger charge is 2.48. The first kappa shape index (κ1) is 20.5. The Labute approximate surface area is 178 Å². The maximum Gasteiger partial charge on any atom is 0.412 e. The second-order valence-electron chi connectivity index (χ2n) is 8.14. The number of nitrogens with one attached hydrogen (secondary N) is 1. The minimum atomic E-state index is -1.32. The lowest BCUT2D eigenvalue weighted by Gasteiger charge is -2.45. The first-order chi connectivity index (χ1) is 14.2. The molecular formula is C20H23ClFN5O3. The molecule has 10 heteroatoms. The third-order valence-electron chi connectivity index (χ3n) is 5.47. The SMILES string of the molecule is CC(C)Cn1ncc(C(=O)N2CCC[C@@]3(C2)OC(=O)Nc2ccc(Cl)c(F)c23)c1N. The molecule has 1 saturated heterocycles. The third kappa shape index (κ3) is 3.36. The van der Waals surface area contributed by atoms with Crippen LogP contribution in [0.25, 0.3) is 0 Å². The van der Waals surface area contributed by atoms with Gasteiger partial charge in [-0.25, -0.2) is 13.9 Å². The zero-order valence-electron chi connectivity index (χ0n) is 16.7. The number of hydrogen-bond acceptors (Lipinski definition) is 5. The Balaban J connectivity index is 1.68. The number of hydrogen-bond donors (Lipinski definition) is 2. The molecule has 1 fully saturated rings. The number of ether oxygens (including phenoxy) is 1. The van der Waals surface area contributed by atoms with Gasteiger partial charge in [0.2, 0.25) is 0 Å². The van der Waals surface area contributed by atoms with E-state index in [-0.39, 0.29) is 34.4 Å². The highest BCUT2D eigenvalue weighted by atomic mass is 35.5. The molecule has 4 rings (SSSR count). The number of amides is 2. The van der Waals surface area contributed by atoms with Crippen molar-refractivity contribution in [3.8, 4) is 0 Å². The Morgan fingerprint density at radius 2 is 2.23 bits per heavy atom. The number of halogens is 2. The number of piperidine rings is 1. The first-order valence-electron chi connectivity index (χ1n) is 9.81. The maximum absolute atomic E-state index is 15.0. The van der Waals surface area contributed by atoms with Crippen LogP contribution in [-0.2, 0) is 16.9 Å². The molecule has 1 aromatic carbocycles. The van der Waals surface area contributed by atoms with Gasteiger partial charge in [0.25, 0.3) is 5.91 Å². The van der Waals surface area contributed by atoms with Gasteiger partial charge in [0, 0.05) is 13.1 Å². The van der Waals surface area contributed by atoms with Crippen molar-refractivity contribution in [2.75, 3.05) is 24.1 Å². The van der Waals surface area contributed by atoms with Crippen molar-refractivity contribution in [1.82, 2.24) is 14.7 Å². The molecule has 3 N–H and O–H groups in total. The Hall–Kier alpha value is -2.81. The fourth-order valence-corrected chi connectivity index (χ4v) is 4.33. The van der Waals surface area contributed by atoms with Gasteiger partial charge in [0.05, 0.1) is 29.0 Å². The summed E-state index contributed by atoms with van der Waals surface area (Å²) in [6, 6.07) is 2.92. The topological polar surface area (TPSA) is 102 Å². The van der Waals surface area contributed by atoms with E-state index >= 15 is 0 Å². The van der Waals surface area contributed by atoms with Crippen molar-refractivity contribution in [3.63, 3.8) is 0 Å². The molecule has 2 amide bonds. The summed E-state index contributed by atoms with van der Waals surface area (Å²) < 4.78 is 22.2. The van der Waals surface area contributed by atoms with Gasteiger partial charge in [0.1, 0.15) is 11.4 Å². The summed E-state index contributed by atoms with van der Waals surface area (Å²) in [5.41, 5.74) is 5.57. The smallest absolute Gasteiger partial charge is 0.412 e. The lowest BCUT2D eigenvalue weighted by Crippen LogP contribution is -2.53. The van der Waals surface area contributed by atoms with Crippen LogP contribution in [0.1, 0.15) is 42.6 Å². The molecule has 160 valence electrons. The van der Waals surface area contributed by atoms with Gasteiger partial charge in [-0.15, -0.1) is 0 Å². The number of fused-ring (bicyclic) bond motifs is 2. The summed E-state index contributed by atoms with van der Waals surface area (Å²) in [5.74, 6) is -0.398. The zero-order valence-corrected chi connectivity index (χ0v) is 17.5. The number of nitrogen functional groups attached to an aromatic ring is 1. The quantitative estimate of drug-likeness (QED) is 0.766. The molecule has 2 aliphatic heterocycles. The van der Waals surface area contributed by atoms with Crippen molar-refractivity contribution in [2.24, 2.45) is 5.92 Å². The fraction of sp³-hybridized carbons (Fsp3) is 0.450. The molecule has 0 saturated carbocycles. The van der Waals surface area contributed by atoms with Crippen LogP contribution in [0, 0.1) is 11.7 Å². The number of carbonyl (C=O) groups is 2. The van der Waals surface area contributed by atoms with E-state index in [1.54, 1.807) is 4.68 Å². The molecule has 1 atom stereocenters. The number of benzene rings is 1. The second kappa shape index (κ2) is 7.46. The molecule has 30 heavy (non-hydrogen) atoms. The molecule has 0 aliphatic carbocycles. The molecule has 0 bridgehead atoms. The minimum absolute atomic E-state index is 0.00167. The van der Waals surface area contributed by atoms with Gasteiger partial charge in [0.15, 0.2) is 11.4 Å². The van der Waals surface area contributed by atoms with Crippen molar-refractivity contribution < 1.29 is 18.7 Å². The molecule has 1 spiro atoms. The van der Waals surface area contributed by atoms with Crippen LogP contribution in [0.2, 0.25) is 5.02 Å². The second-order valence-corrected chi connectivity index (χ2v) is 8.55. The van der Waals surface area contributed by atoms with E-state index in [0.29, 0.717) is 37.5 Å². The Kier molecular flexibility index (Phi) is 5.09. The number of anilines is 2. The average Bonchev–Trinajstić information content (AvgIpc) is 3.03. The zero-order chi connectivity index (χ0) is 21.6. The lowest BCUT2D eigenvalue weighted by molar-refractivity contribution is -0.0418. The molecule has 3 heterocycles. The van der Waals surface area contributed by atoms with Gasteiger partial charge in [-0.1, -0.05) is 25.4 Å². The number of rotatable bonds is 3. The van der Waals surface area contributed by atoms with E-state index in [4.69, 9.17) is 22.1 Å². The molecule has 0 radical (unpaired) electrons. The van der Waals surface area contributed by atoms with Crippen LogP contribution in [0.15, 0.2) is 18.3 Å². The molecule has 8 nitrogen and oxygen atoms in total. The van der Waals surface area contributed by atoms with E-state index in [1.807, 2.05) is 13.8 Å². The van der Waals surface area contributed by atoms with E-state index in [2.05, 4.69) is 10.4 Å². The van der Waals surface area contributed by atoms with Gasteiger partial charge >= 0.3 is 6.09 Å². The normalized spacial score (nSPS) is 20.8. The van der Waals surface area contributed by atoms with Gasteiger partial charge in [-0.3, -0.25) is 10.1 Å². The Morgan fingerprint density at radius 1 is 1.47 bits per heavy atom. The third-order valence-corrected chi connectivity index (χ3v) is 5.76. The summed E-state index contributed by atoms with van der Waals surface area (Å²) in [4.78, 5) is 26.9. The van der Waals surface area contributed by atoms with Crippen LogP contribution < -0.4 is 11.1 Å². The lowest BCUT2D eigenvalue weighted by atomic mass is 9.83. The maximum atomic E-state index is 15.0. The van der Waals surface area contributed by atoms with E-state index in [1.165, 1.54) is 23.2 Å². The molecule has 2 aliphatic rings. The summed E-state index contributed by atoms with van der Waals surface area (Å²) in [5, 5.41) is 6.66. The average molecular weight is 436 g/mol. The molecule has 0 unspecified atom stereocenters. The van der Waals surface area contributed by atoms with Crippen molar-refractivity contribution >= 4 is 35.1 Å². The van der Waals surface area contributed by atoms with Crippen LogP contribution in [0.5, 0.6) is 0 Å². The minimum Gasteiger partial charge on any atom is -0.436 e. The van der Waals surface area contributed by atoms with Gasteiger partial charge in [-0.05, 0) is 30.9 Å². The van der Waals surface area contributed by atoms with Crippen molar-refractivity contribution in [3.05, 3.63) is 40.3 Å². The monoisotopic (exact) mass is 435 g/mol. The summed E-state index contributed by atoms with van der Waals surface area (Å²) in [7, 11) is 0. The number of nitrogens with two attached hydrogens (primary N) is 1. The van der Waals surface area contributed by atoms with Crippen LogP contribution >= 0.6 is 11.6 Å². The fourth-order valence-electron chi connectivity index (χ4n) is 4.17. The Bertz CT molecular complexity index is 1020. The van der Waals surface area contributed by atoms with Gasteiger partial charge < -0.3 is 15.4 Å². The number of aromatic nitrogens is 2. The Morgan fingerprint density at radius 3 is 2.97 bits per heavy atom. The van der Waals surface area contributed by atoms with Crippen LogP contribution in [0.3, 0.4) is 0 Å². The van der Waals surface area contributed by atoms with Crippen LogP contribution in [-0.4, -0.2) is 39.8 Å². The van der Waals surface area contributed by atoms with Crippen molar-refractivity contribution in [1.29, 1.82) is 0 Å². The summed E-state index contributed by atoms with van der Waals surface area (Å²) in [6.07, 6.45) is 1.64. The highest BCUT2D eigenvalue weighted by Crippen LogP contribution is 2.45. The van der Waals surface area contributed by atoms with E-state index in [0.717, 1.165) is 0 Å². The number of likely N-dealkylation sites (tertiary alicyclic amines) is 1. The van der Waals surface area contributed by atoms with Crippen molar-refractivity contribution in [2.45, 2.75) is 38.8 Å². The van der Waals surface area contributed by atoms with E-state index < -0.39 is 17.5 Å². The predicted molar refractivity (Wildman–Crippen MR) is 110 cm³/mol. The molecule has 2 aromatic rings. The molecule has 1 aromatic heterocycles. The van der Waals surface area contributed by atoms with E-state index in [9.17, 15) is 14.0 Å². The van der Waals surface area contributed by atoms with Crippen LogP contribution in [0.4, 0.5) is 20.7 Å². The predicted octanol–water partition coefficient (Wildman–Crippen LogP) is 3.61. The summed E-state index contributed by atoms with van der Waals surface area (Å²) in [6.45, 7) is 5.07. The van der Waals surface area contributed by atoms with Gasteiger partial charge in [-0.2, -0.15) is 5.10 Å². The number of nitrogens with zero attached hydrogens (tertiary/aromatic N) is 3. The number of carbonyl (C=O) groups excluding carboxylic acids is 2. The summed E-state index contributed by atoms with van der Waals surface area (Å²) >= 11 is 5.99. The highest BCUT2D eigenvalue weighted by molar-refractivity contribution is 6.31. The first-order valence-corrected chi connectivity index (χ1v) is 10.2. The molecular weight excluding hydrogens is 413 g/mol. The standard InChI is InChI=1S/C20H23ClFN5O3/c1-11(2)9-27-17(23)12(8-24-27)18(28)26-7-3-6-20(10-26)15-14(25-19(29)30-20)5-4-13(21)16(15)22/h4-5,8,11H,3,6-7,9-10,23H2,1-2H3,(H,25,29)/t20-/m0/s1. The largest absolute Gasteiger partial charge is 0.436 e.